The van der Waals surface area contributed by atoms with Crippen molar-refractivity contribution in [3.05, 3.63) is 54.1 Å². The second-order valence-electron chi connectivity index (χ2n) is 3.98. The molecule has 1 heterocycles. The summed E-state index contributed by atoms with van der Waals surface area (Å²) in [6, 6.07) is 17.1. The topological polar surface area (TPSA) is 67.6 Å². The van der Waals surface area contributed by atoms with Gasteiger partial charge in [0.15, 0.2) is 0 Å². The van der Waals surface area contributed by atoms with Crippen LogP contribution in [0.1, 0.15) is 5.56 Å². The van der Waals surface area contributed by atoms with E-state index < -0.39 is 0 Å². The number of fused-ring (bicyclic) bond motifs is 1. The minimum Gasteiger partial charge on any atom is -0.383 e. The smallest absolute Gasteiger partial charge is 0.135 e. The van der Waals surface area contributed by atoms with Crippen LogP contribution in [0.2, 0.25) is 0 Å². The largest absolute Gasteiger partial charge is 0.383 e. The lowest BCUT2D eigenvalue weighted by Crippen LogP contribution is -2.01. The minimum absolute atomic E-state index is 0.549. The first-order chi connectivity index (χ1) is 8.79. The average Bonchev–Trinajstić information content (AvgIpc) is 2.77. The number of nitrogen functional groups attached to an aromatic ring is 1. The van der Waals surface area contributed by atoms with Crippen LogP contribution in [0, 0.1) is 11.3 Å². The molecule has 2 N–H and O–H groups in total. The number of rotatable bonds is 1. The normalized spacial score (nSPS) is 10.4. The van der Waals surface area contributed by atoms with Crippen LogP contribution in [-0.2, 0) is 0 Å². The van der Waals surface area contributed by atoms with Gasteiger partial charge in [-0.05, 0) is 30.3 Å². The SMILES string of the molecule is N#Cc1ccc2nn(-c3ccccc3)c(N)c2c1. The lowest BCUT2D eigenvalue weighted by molar-refractivity contribution is 0.908. The number of nitrogens with zero attached hydrogens (tertiary/aromatic N) is 3. The molecule has 2 aromatic carbocycles. The van der Waals surface area contributed by atoms with Crippen molar-refractivity contribution in [1.82, 2.24) is 9.78 Å². The van der Waals surface area contributed by atoms with Crippen molar-refractivity contribution >= 4 is 16.7 Å². The number of para-hydroxylation sites is 1. The Morgan fingerprint density at radius 1 is 1.11 bits per heavy atom. The molecule has 0 saturated carbocycles. The highest BCUT2D eigenvalue weighted by Gasteiger charge is 2.09. The van der Waals surface area contributed by atoms with E-state index in [0.29, 0.717) is 11.4 Å². The number of aromatic nitrogens is 2. The summed E-state index contributed by atoms with van der Waals surface area (Å²) in [5.41, 5.74) is 8.37. The fourth-order valence-electron chi connectivity index (χ4n) is 1.94. The van der Waals surface area contributed by atoms with E-state index in [1.165, 1.54) is 0 Å². The summed E-state index contributed by atoms with van der Waals surface area (Å²) in [6.45, 7) is 0. The molecular formula is C14H10N4. The van der Waals surface area contributed by atoms with Crippen molar-refractivity contribution in [3.8, 4) is 11.8 Å². The summed E-state index contributed by atoms with van der Waals surface area (Å²) >= 11 is 0. The maximum absolute atomic E-state index is 8.89. The molecule has 0 fully saturated rings. The quantitative estimate of drug-likeness (QED) is 0.703. The van der Waals surface area contributed by atoms with E-state index in [1.54, 1.807) is 16.8 Å². The Labute approximate surface area is 104 Å². The number of hydrogen-bond acceptors (Lipinski definition) is 3. The van der Waals surface area contributed by atoms with Gasteiger partial charge in [0, 0.05) is 5.39 Å². The van der Waals surface area contributed by atoms with E-state index in [4.69, 9.17) is 11.0 Å². The summed E-state index contributed by atoms with van der Waals surface area (Å²) in [4.78, 5) is 0. The summed E-state index contributed by atoms with van der Waals surface area (Å²) in [7, 11) is 0. The minimum atomic E-state index is 0.549. The predicted octanol–water partition coefficient (Wildman–Crippen LogP) is 2.48. The van der Waals surface area contributed by atoms with Crippen molar-refractivity contribution in [1.29, 1.82) is 5.26 Å². The number of anilines is 1. The van der Waals surface area contributed by atoms with Crippen LogP contribution in [0.25, 0.3) is 16.6 Å². The third-order valence-electron chi connectivity index (χ3n) is 2.84. The van der Waals surface area contributed by atoms with Gasteiger partial charge in [0.05, 0.1) is 22.8 Å². The van der Waals surface area contributed by atoms with E-state index in [-0.39, 0.29) is 0 Å². The number of hydrogen-bond donors (Lipinski definition) is 1. The molecule has 1 aromatic heterocycles. The molecule has 0 amide bonds. The monoisotopic (exact) mass is 234 g/mol. The van der Waals surface area contributed by atoms with Crippen LogP contribution in [0.3, 0.4) is 0 Å². The van der Waals surface area contributed by atoms with Gasteiger partial charge in [0.2, 0.25) is 0 Å². The molecule has 4 nitrogen and oxygen atoms in total. The second-order valence-corrected chi connectivity index (χ2v) is 3.98. The lowest BCUT2D eigenvalue weighted by atomic mass is 10.2. The molecule has 0 atom stereocenters. The first-order valence-electron chi connectivity index (χ1n) is 5.53. The first kappa shape index (κ1) is 10.4. The average molecular weight is 234 g/mol. The molecular weight excluding hydrogens is 224 g/mol. The third kappa shape index (κ3) is 1.50. The molecule has 0 aliphatic heterocycles. The number of benzene rings is 2. The van der Waals surface area contributed by atoms with Gasteiger partial charge >= 0.3 is 0 Å². The fourth-order valence-corrected chi connectivity index (χ4v) is 1.94. The molecule has 0 radical (unpaired) electrons. The fraction of sp³-hybridized carbons (Fsp3) is 0. The molecule has 18 heavy (non-hydrogen) atoms. The Bertz CT molecular complexity index is 751. The van der Waals surface area contributed by atoms with Crippen LogP contribution >= 0.6 is 0 Å². The molecule has 4 heteroatoms. The molecule has 0 saturated heterocycles. The second kappa shape index (κ2) is 3.90. The standard InChI is InChI=1S/C14H10N4/c15-9-10-6-7-13-12(8-10)14(16)18(17-13)11-4-2-1-3-5-11/h1-8H,16H2. The molecule has 0 spiro atoms. The molecule has 0 aliphatic carbocycles. The lowest BCUT2D eigenvalue weighted by Gasteiger charge is -2.02. The van der Waals surface area contributed by atoms with Gasteiger partial charge in [-0.15, -0.1) is 0 Å². The van der Waals surface area contributed by atoms with Crippen LogP contribution < -0.4 is 5.73 Å². The van der Waals surface area contributed by atoms with Gasteiger partial charge in [-0.3, -0.25) is 0 Å². The van der Waals surface area contributed by atoms with Crippen molar-refractivity contribution in [2.24, 2.45) is 0 Å². The Kier molecular flexibility index (Phi) is 2.24. The van der Waals surface area contributed by atoms with Crippen LogP contribution in [0.5, 0.6) is 0 Å². The Morgan fingerprint density at radius 2 is 1.89 bits per heavy atom. The van der Waals surface area contributed by atoms with Crippen molar-refractivity contribution in [2.45, 2.75) is 0 Å². The summed E-state index contributed by atoms with van der Waals surface area (Å²) < 4.78 is 1.69. The van der Waals surface area contributed by atoms with Gasteiger partial charge in [0.1, 0.15) is 5.82 Å². The van der Waals surface area contributed by atoms with Crippen molar-refractivity contribution < 1.29 is 0 Å². The summed E-state index contributed by atoms with van der Waals surface area (Å²) in [6.07, 6.45) is 0. The van der Waals surface area contributed by atoms with Crippen molar-refractivity contribution in [3.63, 3.8) is 0 Å². The molecule has 0 aliphatic rings. The van der Waals surface area contributed by atoms with Gasteiger partial charge in [-0.2, -0.15) is 10.4 Å². The van der Waals surface area contributed by atoms with Gasteiger partial charge in [0.25, 0.3) is 0 Å². The zero-order valence-electron chi connectivity index (χ0n) is 9.54. The molecule has 3 rings (SSSR count). The zero-order chi connectivity index (χ0) is 12.5. The summed E-state index contributed by atoms with van der Waals surface area (Å²) in [5, 5.41) is 14.1. The van der Waals surface area contributed by atoms with Gasteiger partial charge in [-0.25, -0.2) is 4.68 Å². The van der Waals surface area contributed by atoms with E-state index in [0.717, 1.165) is 16.6 Å². The highest BCUT2D eigenvalue weighted by atomic mass is 15.3. The predicted molar refractivity (Wildman–Crippen MR) is 70.2 cm³/mol. The van der Waals surface area contributed by atoms with Gasteiger partial charge in [-0.1, -0.05) is 18.2 Å². The van der Waals surface area contributed by atoms with Crippen LogP contribution in [0.4, 0.5) is 5.82 Å². The Balaban J connectivity index is 2.27. The maximum Gasteiger partial charge on any atom is 0.135 e. The summed E-state index contributed by atoms with van der Waals surface area (Å²) in [5.74, 6) is 0.549. The molecule has 86 valence electrons. The third-order valence-corrected chi connectivity index (χ3v) is 2.84. The molecule has 0 unspecified atom stereocenters. The van der Waals surface area contributed by atoms with Gasteiger partial charge < -0.3 is 5.73 Å². The van der Waals surface area contributed by atoms with E-state index in [2.05, 4.69) is 11.2 Å². The Hall–Kier alpha value is -2.80. The Morgan fingerprint density at radius 3 is 2.61 bits per heavy atom. The molecule has 3 aromatic rings. The van der Waals surface area contributed by atoms with Crippen molar-refractivity contribution in [2.75, 3.05) is 5.73 Å². The highest BCUT2D eigenvalue weighted by Crippen LogP contribution is 2.24. The molecule has 0 bridgehead atoms. The van der Waals surface area contributed by atoms with E-state index in [1.807, 2.05) is 36.4 Å². The number of nitrogens with two attached hydrogens (primary N) is 1. The maximum atomic E-state index is 8.89. The van der Waals surface area contributed by atoms with Crippen LogP contribution in [-0.4, -0.2) is 9.78 Å². The highest BCUT2D eigenvalue weighted by molar-refractivity contribution is 5.90. The van der Waals surface area contributed by atoms with E-state index >= 15 is 0 Å². The van der Waals surface area contributed by atoms with E-state index in [9.17, 15) is 0 Å². The van der Waals surface area contributed by atoms with Crippen LogP contribution in [0.15, 0.2) is 48.5 Å². The number of nitriles is 1. The zero-order valence-corrected chi connectivity index (χ0v) is 9.54. The first-order valence-corrected chi connectivity index (χ1v) is 5.53.